The second kappa shape index (κ2) is 6.14. The van der Waals surface area contributed by atoms with Crippen LogP contribution >= 0.6 is 0 Å². The van der Waals surface area contributed by atoms with Gasteiger partial charge in [0, 0.05) is 6.20 Å². The third-order valence-corrected chi connectivity index (χ3v) is 4.58. The first kappa shape index (κ1) is 16.3. The van der Waals surface area contributed by atoms with Gasteiger partial charge in [-0.05, 0) is 25.0 Å². The van der Waals surface area contributed by atoms with Crippen LogP contribution in [0.3, 0.4) is 0 Å². The van der Waals surface area contributed by atoms with Crippen LogP contribution in [0.4, 0.5) is 4.39 Å². The van der Waals surface area contributed by atoms with Crippen molar-refractivity contribution in [2.75, 3.05) is 0 Å². The van der Waals surface area contributed by atoms with Gasteiger partial charge < -0.3 is 10.9 Å². The molecule has 0 aliphatic heterocycles. The van der Waals surface area contributed by atoms with Gasteiger partial charge in [-0.1, -0.05) is 19.0 Å². The summed E-state index contributed by atoms with van der Waals surface area (Å²) in [5.74, 6) is -1.26. The Balaban J connectivity index is 3.27. The molecule has 1 rings (SSSR count). The normalized spacial score (nSPS) is 13.4. The number of hydrogen-bond donors (Lipinski definition) is 3. The quantitative estimate of drug-likeness (QED) is 0.311. The lowest BCUT2D eigenvalue weighted by Gasteiger charge is -2.30. The van der Waals surface area contributed by atoms with E-state index in [4.69, 9.17) is 10.9 Å². The Morgan fingerprint density at radius 3 is 2.60 bits per heavy atom. The molecule has 112 valence electrons. The fraction of sp³-hybridized carbons (Fsp3) is 0.455. The average Bonchev–Trinajstić information content (AvgIpc) is 2.44. The van der Waals surface area contributed by atoms with Gasteiger partial charge in [0.05, 0.1) is 5.54 Å². The van der Waals surface area contributed by atoms with E-state index in [0.717, 1.165) is 6.07 Å². The van der Waals surface area contributed by atoms with E-state index in [-0.39, 0.29) is 18.7 Å². The van der Waals surface area contributed by atoms with Crippen molar-refractivity contribution in [2.24, 2.45) is 10.9 Å². The smallest absolute Gasteiger partial charge is 0.261 e. The summed E-state index contributed by atoms with van der Waals surface area (Å²) in [6, 6.07) is 2.27. The summed E-state index contributed by atoms with van der Waals surface area (Å²) in [6.45, 7) is 3.33. The summed E-state index contributed by atoms with van der Waals surface area (Å²) in [7, 11) is -4.24. The van der Waals surface area contributed by atoms with E-state index in [9.17, 15) is 12.8 Å². The van der Waals surface area contributed by atoms with Crippen LogP contribution in [-0.4, -0.2) is 30.0 Å². The first-order valence-corrected chi connectivity index (χ1v) is 7.43. The molecule has 0 unspecified atom stereocenters. The molecule has 0 aromatic carbocycles. The molecule has 1 heterocycles. The molecule has 0 bridgehead atoms. The van der Waals surface area contributed by atoms with Crippen molar-refractivity contribution < 1.29 is 18.0 Å². The third kappa shape index (κ3) is 3.05. The minimum atomic E-state index is -4.24. The molecule has 0 atom stereocenters. The van der Waals surface area contributed by atoms with Crippen LogP contribution in [0.1, 0.15) is 26.7 Å². The topological polar surface area (TPSA) is 118 Å². The highest BCUT2D eigenvalue weighted by molar-refractivity contribution is 7.89. The van der Waals surface area contributed by atoms with Gasteiger partial charge in [-0.15, -0.1) is 0 Å². The lowest BCUT2D eigenvalue weighted by molar-refractivity contribution is 0.307. The molecular weight excluding hydrogens is 287 g/mol. The number of rotatable bonds is 6. The fourth-order valence-corrected chi connectivity index (χ4v) is 3.31. The molecule has 0 saturated heterocycles. The molecule has 20 heavy (non-hydrogen) atoms. The number of nitrogens with zero attached hydrogens (tertiary/aromatic N) is 2. The Labute approximate surface area is 116 Å². The predicted octanol–water partition coefficient (Wildman–Crippen LogP) is 0.804. The van der Waals surface area contributed by atoms with Crippen LogP contribution in [-0.2, 0) is 10.0 Å². The minimum Gasteiger partial charge on any atom is -0.409 e. The fourth-order valence-electron chi connectivity index (χ4n) is 1.78. The minimum absolute atomic E-state index is 0.229. The summed E-state index contributed by atoms with van der Waals surface area (Å²) in [6.07, 6.45) is 1.63. The molecule has 0 aliphatic rings. The van der Waals surface area contributed by atoms with E-state index >= 15 is 0 Å². The Kier molecular flexibility index (Phi) is 5.01. The van der Waals surface area contributed by atoms with Crippen LogP contribution in [0.5, 0.6) is 0 Å². The molecule has 0 amide bonds. The second-order valence-corrected chi connectivity index (χ2v) is 5.77. The largest absolute Gasteiger partial charge is 0.409 e. The molecule has 1 aromatic heterocycles. The first-order valence-electron chi connectivity index (χ1n) is 5.95. The number of hydrogen-bond acceptors (Lipinski definition) is 5. The van der Waals surface area contributed by atoms with Crippen LogP contribution < -0.4 is 10.5 Å². The highest BCUT2D eigenvalue weighted by atomic mass is 32.2. The van der Waals surface area contributed by atoms with Gasteiger partial charge in [0.25, 0.3) is 10.0 Å². The van der Waals surface area contributed by atoms with Gasteiger partial charge in [-0.3, -0.25) is 0 Å². The molecule has 1 aromatic rings. The van der Waals surface area contributed by atoms with E-state index in [1.54, 1.807) is 13.8 Å². The maximum Gasteiger partial charge on any atom is 0.261 e. The number of amidine groups is 1. The number of halogens is 1. The molecule has 7 nitrogen and oxygen atoms in total. The Bertz CT molecular complexity index is 599. The standard InChI is InChI=1S/C11H17FN4O3S/c1-3-11(4-2,10(13)15-17)16-20(18,19)9-8(12)6-5-7-14-9/h5-7,16-17H,3-4H2,1-2H3,(H2,13,15). The lowest BCUT2D eigenvalue weighted by atomic mass is 9.93. The molecule has 0 fully saturated rings. The summed E-state index contributed by atoms with van der Waals surface area (Å²) < 4.78 is 40.2. The number of pyridine rings is 1. The van der Waals surface area contributed by atoms with Gasteiger partial charge in [0.1, 0.15) is 0 Å². The number of oxime groups is 1. The van der Waals surface area contributed by atoms with Crippen molar-refractivity contribution in [2.45, 2.75) is 37.3 Å². The number of nitrogens with one attached hydrogen (secondary N) is 1. The van der Waals surface area contributed by atoms with E-state index < -0.39 is 26.4 Å². The molecule has 0 aliphatic carbocycles. The molecule has 0 radical (unpaired) electrons. The van der Waals surface area contributed by atoms with Gasteiger partial charge in [0.2, 0.25) is 5.03 Å². The lowest BCUT2D eigenvalue weighted by Crippen LogP contribution is -2.56. The van der Waals surface area contributed by atoms with Gasteiger partial charge >= 0.3 is 0 Å². The monoisotopic (exact) mass is 304 g/mol. The Morgan fingerprint density at radius 1 is 1.55 bits per heavy atom. The van der Waals surface area contributed by atoms with Crippen LogP contribution in [0.15, 0.2) is 28.5 Å². The SMILES string of the molecule is CCC(CC)(NS(=O)(=O)c1ncccc1F)/C(N)=N/O. The number of nitrogens with two attached hydrogens (primary N) is 1. The van der Waals surface area contributed by atoms with Crippen molar-refractivity contribution in [3.8, 4) is 0 Å². The molecule has 4 N–H and O–H groups in total. The highest BCUT2D eigenvalue weighted by Gasteiger charge is 2.37. The van der Waals surface area contributed by atoms with Crippen molar-refractivity contribution in [3.05, 3.63) is 24.1 Å². The van der Waals surface area contributed by atoms with Crippen LogP contribution in [0.25, 0.3) is 0 Å². The van der Waals surface area contributed by atoms with Gasteiger partial charge in [0.15, 0.2) is 11.7 Å². The van der Waals surface area contributed by atoms with E-state index in [1.807, 2.05) is 0 Å². The average molecular weight is 304 g/mol. The Hall–Kier alpha value is -1.74. The maximum absolute atomic E-state index is 13.6. The molecule has 0 spiro atoms. The number of aromatic nitrogens is 1. The third-order valence-electron chi connectivity index (χ3n) is 3.11. The molecule has 0 saturated carbocycles. The first-order chi connectivity index (χ1) is 9.33. The molecular formula is C11H17FN4O3S. The van der Waals surface area contributed by atoms with Crippen molar-refractivity contribution in [3.63, 3.8) is 0 Å². The zero-order valence-corrected chi connectivity index (χ0v) is 12.0. The number of sulfonamides is 1. The van der Waals surface area contributed by atoms with Crippen LogP contribution in [0.2, 0.25) is 0 Å². The predicted molar refractivity (Wildman–Crippen MR) is 71.2 cm³/mol. The van der Waals surface area contributed by atoms with E-state index in [1.165, 1.54) is 12.3 Å². The summed E-state index contributed by atoms with van der Waals surface area (Å²) in [4.78, 5) is 3.52. The zero-order valence-electron chi connectivity index (χ0n) is 11.2. The highest BCUT2D eigenvalue weighted by Crippen LogP contribution is 2.20. The van der Waals surface area contributed by atoms with Crippen molar-refractivity contribution in [1.29, 1.82) is 0 Å². The van der Waals surface area contributed by atoms with Crippen LogP contribution in [0, 0.1) is 5.82 Å². The van der Waals surface area contributed by atoms with Gasteiger partial charge in [-0.2, -0.15) is 4.72 Å². The Morgan fingerprint density at radius 2 is 2.15 bits per heavy atom. The summed E-state index contributed by atoms with van der Waals surface area (Å²) in [5, 5.41) is 10.9. The van der Waals surface area contributed by atoms with Crippen molar-refractivity contribution in [1.82, 2.24) is 9.71 Å². The zero-order chi connectivity index (χ0) is 15.4. The maximum atomic E-state index is 13.6. The van der Waals surface area contributed by atoms with Gasteiger partial charge in [-0.25, -0.2) is 17.8 Å². The van der Waals surface area contributed by atoms with Crippen molar-refractivity contribution >= 4 is 15.9 Å². The van der Waals surface area contributed by atoms with E-state index in [2.05, 4.69) is 14.9 Å². The second-order valence-electron chi connectivity index (χ2n) is 4.17. The molecule has 9 heteroatoms. The summed E-state index contributed by atoms with van der Waals surface area (Å²) >= 11 is 0. The van der Waals surface area contributed by atoms with E-state index in [0.29, 0.717) is 0 Å². The summed E-state index contributed by atoms with van der Waals surface area (Å²) in [5.41, 5.74) is 4.26.